The lowest BCUT2D eigenvalue weighted by molar-refractivity contribution is -0.279. The van der Waals surface area contributed by atoms with Crippen molar-refractivity contribution in [2.75, 3.05) is 0 Å². The fraction of sp³-hybridized carbons (Fsp3) is 0.250. The molecule has 0 aliphatic heterocycles. The zero-order valence-corrected chi connectivity index (χ0v) is 19.1. The second-order valence-electron chi connectivity index (χ2n) is 8.50. The first-order valence-corrected chi connectivity index (χ1v) is 11.5. The van der Waals surface area contributed by atoms with E-state index in [0.29, 0.717) is 0 Å². The van der Waals surface area contributed by atoms with Crippen LogP contribution in [0, 0.1) is 0 Å². The Kier molecular flexibility index (Phi) is 8.97. The number of rotatable bonds is 9. The third-order valence-electron chi connectivity index (χ3n) is 6.08. The average molecular weight is 489 g/mol. The molecule has 0 heterocycles. The minimum Gasteiger partial charge on any atom is -0.853 e. The summed E-state index contributed by atoms with van der Waals surface area (Å²) in [6, 6.07) is 24.0. The summed E-state index contributed by atoms with van der Waals surface area (Å²) in [5.74, 6) is 0. The Bertz CT molecular complexity index is 1000. The molecule has 1 aliphatic carbocycles. The molecule has 1 fully saturated rings. The second-order valence-corrected chi connectivity index (χ2v) is 8.50. The van der Waals surface area contributed by atoms with Gasteiger partial charge in [0.2, 0.25) is 21.4 Å². The largest absolute Gasteiger partial charge is 0.853 e. The Hall–Kier alpha value is -2.51. The van der Waals surface area contributed by atoms with E-state index in [4.69, 9.17) is 14.0 Å². The zero-order valence-electron chi connectivity index (χ0n) is 19.1. The third-order valence-corrected chi connectivity index (χ3v) is 6.08. The normalized spacial score (nSPS) is 25.8. The van der Waals surface area contributed by atoms with Gasteiger partial charge in [0.1, 0.15) is 18.3 Å². The SMILES string of the molecule is [O-]B(OC1[C@@H](OB([O-])c2ccccc2)[C@H](O)C(O)[C@@H](O)[C@@H]1OB([O-])c1ccccc1)c1ccccc1. The van der Waals surface area contributed by atoms with Crippen molar-refractivity contribution in [2.24, 2.45) is 0 Å². The molecule has 186 valence electrons. The van der Waals surface area contributed by atoms with Crippen molar-refractivity contribution in [3.05, 3.63) is 91.0 Å². The molecular formula is C24H24B3O9-3. The van der Waals surface area contributed by atoms with Gasteiger partial charge in [0.25, 0.3) is 0 Å². The number of benzene rings is 3. The molecule has 0 unspecified atom stereocenters. The smallest absolute Gasteiger partial charge is 0.218 e. The molecule has 3 N–H and O–H groups in total. The molecule has 3 aromatic rings. The van der Waals surface area contributed by atoms with Gasteiger partial charge in [-0.3, -0.25) is 0 Å². The van der Waals surface area contributed by atoms with E-state index in [9.17, 15) is 30.4 Å². The van der Waals surface area contributed by atoms with Crippen molar-refractivity contribution in [1.29, 1.82) is 0 Å². The Morgan fingerprint density at radius 1 is 0.444 bits per heavy atom. The Balaban J connectivity index is 1.65. The van der Waals surface area contributed by atoms with E-state index in [1.54, 1.807) is 54.6 Å². The first-order chi connectivity index (χ1) is 17.4. The monoisotopic (exact) mass is 489 g/mol. The van der Waals surface area contributed by atoms with Crippen LogP contribution in [0.1, 0.15) is 0 Å². The predicted molar refractivity (Wildman–Crippen MR) is 128 cm³/mol. The Labute approximate surface area is 210 Å². The molecule has 0 radical (unpaired) electrons. The van der Waals surface area contributed by atoms with Crippen molar-refractivity contribution < 1.29 is 44.4 Å². The number of hydrogen-bond donors (Lipinski definition) is 3. The van der Waals surface area contributed by atoms with Crippen LogP contribution in [-0.2, 0) is 14.0 Å². The van der Waals surface area contributed by atoms with E-state index in [1.807, 2.05) is 0 Å². The summed E-state index contributed by atoms with van der Waals surface area (Å²) in [6.07, 6.45) is -10.2. The molecule has 0 amide bonds. The van der Waals surface area contributed by atoms with Crippen molar-refractivity contribution >= 4 is 37.7 Å². The predicted octanol–water partition coefficient (Wildman–Crippen LogP) is -4.49. The third kappa shape index (κ3) is 6.06. The van der Waals surface area contributed by atoms with Gasteiger partial charge in [-0.1, -0.05) is 107 Å². The van der Waals surface area contributed by atoms with Crippen LogP contribution in [0.4, 0.5) is 0 Å². The lowest BCUT2D eigenvalue weighted by Gasteiger charge is -2.50. The average Bonchev–Trinajstić information content (AvgIpc) is 2.93. The van der Waals surface area contributed by atoms with Crippen LogP contribution in [0.25, 0.3) is 0 Å². The topological polar surface area (TPSA) is 158 Å². The molecule has 4 rings (SSSR count). The van der Waals surface area contributed by atoms with Crippen LogP contribution >= 0.6 is 0 Å². The van der Waals surface area contributed by atoms with Gasteiger partial charge in [0, 0.05) is 0 Å². The van der Waals surface area contributed by atoms with E-state index in [1.165, 1.54) is 36.4 Å². The summed E-state index contributed by atoms with van der Waals surface area (Å²) in [5.41, 5.74) is 0.692. The zero-order chi connectivity index (χ0) is 25.7. The molecule has 0 aromatic heterocycles. The van der Waals surface area contributed by atoms with Crippen LogP contribution in [-0.4, -0.2) is 73.3 Å². The van der Waals surface area contributed by atoms with Crippen molar-refractivity contribution in [1.82, 2.24) is 0 Å². The molecule has 0 bridgehead atoms. The second kappa shape index (κ2) is 12.2. The molecule has 0 saturated heterocycles. The summed E-state index contributed by atoms with van der Waals surface area (Å²) < 4.78 is 16.8. The van der Waals surface area contributed by atoms with Gasteiger partial charge in [-0.15, -0.1) is 0 Å². The van der Waals surface area contributed by atoms with Crippen molar-refractivity contribution in [2.45, 2.75) is 36.6 Å². The quantitative estimate of drug-likeness (QED) is 0.252. The highest BCUT2D eigenvalue weighted by Gasteiger charge is 2.51. The fourth-order valence-electron chi connectivity index (χ4n) is 4.13. The van der Waals surface area contributed by atoms with Crippen LogP contribution in [0.15, 0.2) is 91.0 Å². The summed E-state index contributed by atoms with van der Waals surface area (Å²) in [5, 5.41) is 70.7. The Morgan fingerprint density at radius 2 is 0.722 bits per heavy atom. The van der Waals surface area contributed by atoms with Crippen molar-refractivity contribution in [3.8, 4) is 0 Å². The first kappa shape index (κ1) is 26.6. The minimum atomic E-state index is -1.84. The van der Waals surface area contributed by atoms with Crippen LogP contribution in [0.5, 0.6) is 0 Å². The van der Waals surface area contributed by atoms with E-state index in [0.717, 1.165) is 0 Å². The summed E-state index contributed by atoms with van der Waals surface area (Å²) in [7, 11) is -5.47. The van der Waals surface area contributed by atoms with Gasteiger partial charge in [0.15, 0.2) is 0 Å². The molecule has 1 aliphatic rings. The lowest BCUT2D eigenvalue weighted by Crippen LogP contribution is -2.71. The Morgan fingerprint density at radius 3 is 1.03 bits per heavy atom. The van der Waals surface area contributed by atoms with E-state index >= 15 is 0 Å². The summed E-state index contributed by atoms with van der Waals surface area (Å²) in [6.45, 7) is 0. The van der Waals surface area contributed by atoms with Gasteiger partial charge in [-0.05, 0) is 0 Å². The summed E-state index contributed by atoms with van der Waals surface area (Å²) >= 11 is 0. The molecular weight excluding hydrogens is 465 g/mol. The molecule has 36 heavy (non-hydrogen) atoms. The molecule has 3 aromatic carbocycles. The minimum absolute atomic E-state index is 0.230. The van der Waals surface area contributed by atoms with E-state index in [2.05, 4.69) is 0 Å². The maximum absolute atomic E-state index is 13.0. The van der Waals surface area contributed by atoms with Gasteiger partial charge in [0.05, 0.1) is 18.3 Å². The molecule has 0 spiro atoms. The molecule has 4 atom stereocenters. The van der Waals surface area contributed by atoms with Crippen molar-refractivity contribution in [3.63, 3.8) is 0 Å². The van der Waals surface area contributed by atoms with Crippen LogP contribution in [0.3, 0.4) is 0 Å². The molecule has 1 saturated carbocycles. The van der Waals surface area contributed by atoms with Crippen LogP contribution < -0.4 is 31.5 Å². The van der Waals surface area contributed by atoms with Crippen LogP contribution in [0.2, 0.25) is 0 Å². The number of aliphatic hydroxyl groups is 3. The maximum atomic E-state index is 13.0. The lowest BCUT2D eigenvalue weighted by atomic mass is 9.74. The highest BCUT2D eigenvalue weighted by atomic mass is 16.6. The molecule has 12 heteroatoms. The van der Waals surface area contributed by atoms with Gasteiger partial charge >= 0.3 is 0 Å². The van der Waals surface area contributed by atoms with Gasteiger partial charge < -0.3 is 44.4 Å². The standard InChI is InChI=1S/C24H24B3O9/c28-19-20(29)22(34-25(31)16-10-4-1-5-11-16)24(36-27(33)18-14-8-3-9-15-18)23(21(19)30)35-26(32)17-12-6-2-7-13-17/h1-15,19-24,28-30H/q-3/t19?,20-,21-,22+,23+,24?/m1/s1. The fourth-order valence-corrected chi connectivity index (χ4v) is 4.13. The van der Waals surface area contributed by atoms with Gasteiger partial charge in [-0.2, -0.15) is 0 Å². The van der Waals surface area contributed by atoms with E-state index in [-0.39, 0.29) is 16.4 Å². The highest BCUT2D eigenvalue weighted by molar-refractivity contribution is 6.59. The summed E-state index contributed by atoms with van der Waals surface area (Å²) in [4.78, 5) is 0. The molecule has 9 nitrogen and oxygen atoms in total. The number of hydrogen-bond acceptors (Lipinski definition) is 9. The number of aliphatic hydroxyl groups excluding tert-OH is 3. The first-order valence-electron chi connectivity index (χ1n) is 11.5. The highest BCUT2D eigenvalue weighted by Crippen LogP contribution is 2.29. The van der Waals surface area contributed by atoms with E-state index < -0.39 is 58.0 Å². The maximum Gasteiger partial charge on any atom is 0.218 e. The van der Waals surface area contributed by atoms with Gasteiger partial charge in [-0.25, -0.2) is 0 Å².